The molecule has 1 unspecified atom stereocenters. The van der Waals surface area contributed by atoms with Crippen LogP contribution in [-0.4, -0.2) is 33.6 Å². The van der Waals surface area contributed by atoms with Gasteiger partial charge in [0.05, 0.1) is 11.6 Å². The van der Waals surface area contributed by atoms with E-state index in [1.807, 2.05) is 32.2 Å². The summed E-state index contributed by atoms with van der Waals surface area (Å²) < 4.78 is 1.60. The number of piperidine rings is 1. The molecule has 0 amide bonds. The van der Waals surface area contributed by atoms with Gasteiger partial charge in [-0.2, -0.15) is 0 Å². The zero-order chi connectivity index (χ0) is 21.3. The first-order valence-corrected chi connectivity index (χ1v) is 10.3. The third kappa shape index (κ3) is 4.01. The van der Waals surface area contributed by atoms with Gasteiger partial charge in [-0.3, -0.25) is 9.20 Å². The number of hydrogen-bond donors (Lipinski definition) is 2. The first-order valence-electron chi connectivity index (χ1n) is 10.3. The lowest BCUT2D eigenvalue weighted by Gasteiger charge is -2.28. The molecule has 2 aromatic heterocycles. The normalized spacial score (nSPS) is 15.2. The van der Waals surface area contributed by atoms with Crippen LogP contribution >= 0.6 is 0 Å². The molecule has 1 atom stereocenters. The summed E-state index contributed by atoms with van der Waals surface area (Å²) in [6.45, 7) is 5.77. The van der Waals surface area contributed by atoms with Crippen molar-refractivity contribution in [3.8, 4) is 0 Å². The Morgan fingerprint density at radius 2 is 1.93 bits per heavy atom. The molecule has 0 radical (unpaired) electrons. The predicted molar refractivity (Wildman–Crippen MR) is 118 cm³/mol. The van der Waals surface area contributed by atoms with E-state index in [1.54, 1.807) is 28.7 Å². The van der Waals surface area contributed by atoms with Crippen molar-refractivity contribution >= 4 is 23.1 Å². The number of anilines is 2. The van der Waals surface area contributed by atoms with Crippen LogP contribution in [0.1, 0.15) is 53.7 Å². The van der Waals surface area contributed by atoms with Gasteiger partial charge in [-0.15, -0.1) is 0 Å². The van der Waals surface area contributed by atoms with Crippen LogP contribution in [0.2, 0.25) is 0 Å². The lowest BCUT2D eigenvalue weighted by molar-refractivity contribution is 0.0697. The summed E-state index contributed by atoms with van der Waals surface area (Å²) in [5.74, 6) is -0.239. The molecule has 0 saturated carbocycles. The maximum atomic E-state index is 12.9. The average molecular weight is 406 g/mol. The number of aryl methyl sites for hydroxylation is 1. The van der Waals surface area contributed by atoms with E-state index in [0.717, 1.165) is 42.9 Å². The fourth-order valence-electron chi connectivity index (χ4n) is 4.03. The largest absolute Gasteiger partial charge is 0.478 e. The second kappa shape index (κ2) is 8.18. The van der Waals surface area contributed by atoms with Crippen LogP contribution in [-0.2, 0) is 0 Å². The maximum Gasteiger partial charge on any atom is 0.335 e. The van der Waals surface area contributed by atoms with Gasteiger partial charge in [0.2, 0.25) is 0 Å². The number of carbonyl (C=O) groups is 1. The van der Waals surface area contributed by atoms with E-state index < -0.39 is 5.97 Å². The van der Waals surface area contributed by atoms with Crippen LogP contribution in [0.4, 0.5) is 11.5 Å². The second-order valence-electron chi connectivity index (χ2n) is 7.92. The Morgan fingerprint density at radius 1 is 1.17 bits per heavy atom. The van der Waals surface area contributed by atoms with Crippen molar-refractivity contribution < 1.29 is 9.90 Å². The van der Waals surface area contributed by atoms with Gasteiger partial charge in [-0.25, -0.2) is 9.78 Å². The summed E-state index contributed by atoms with van der Waals surface area (Å²) in [6, 6.07) is 10.2. The van der Waals surface area contributed by atoms with Crippen molar-refractivity contribution in [2.75, 3.05) is 23.3 Å². The van der Waals surface area contributed by atoms with Gasteiger partial charge in [-0.05, 0) is 62.9 Å². The van der Waals surface area contributed by atoms with Gasteiger partial charge in [0.15, 0.2) is 0 Å². The van der Waals surface area contributed by atoms with Crippen molar-refractivity contribution in [3.05, 3.63) is 69.6 Å². The molecule has 30 heavy (non-hydrogen) atoms. The highest BCUT2D eigenvalue weighted by Gasteiger charge is 2.18. The summed E-state index contributed by atoms with van der Waals surface area (Å²) >= 11 is 0. The molecule has 156 valence electrons. The molecule has 1 aliphatic heterocycles. The number of nitrogens with one attached hydrogen (secondary N) is 1. The number of carboxylic acid groups (broad SMARTS) is 1. The predicted octanol–water partition coefficient (Wildman–Crippen LogP) is 3.86. The number of carboxylic acids is 1. The second-order valence-corrected chi connectivity index (χ2v) is 7.92. The summed E-state index contributed by atoms with van der Waals surface area (Å²) in [4.78, 5) is 31.2. The van der Waals surface area contributed by atoms with Crippen LogP contribution in [0.15, 0.2) is 47.4 Å². The van der Waals surface area contributed by atoms with E-state index in [2.05, 4.69) is 10.2 Å². The Hall–Kier alpha value is -3.35. The molecule has 1 saturated heterocycles. The molecule has 7 nitrogen and oxygen atoms in total. The van der Waals surface area contributed by atoms with E-state index in [-0.39, 0.29) is 17.2 Å². The Morgan fingerprint density at radius 3 is 2.67 bits per heavy atom. The van der Waals surface area contributed by atoms with Gasteiger partial charge in [0, 0.05) is 36.6 Å². The van der Waals surface area contributed by atoms with Crippen molar-refractivity contribution in [2.45, 2.75) is 39.2 Å². The minimum Gasteiger partial charge on any atom is -0.478 e. The molecule has 0 spiro atoms. The minimum absolute atomic E-state index is 0.0920. The third-order valence-corrected chi connectivity index (χ3v) is 5.55. The Labute approximate surface area is 175 Å². The van der Waals surface area contributed by atoms with E-state index in [1.165, 1.54) is 6.42 Å². The highest BCUT2D eigenvalue weighted by Crippen LogP contribution is 2.25. The van der Waals surface area contributed by atoms with Crippen molar-refractivity contribution in [1.82, 2.24) is 9.38 Å². The summed E-state index contributed by atoms with van der Waals surface area (Å²) in [7, 11) is 0. The van der Waals surface area contributed by atoms with Gasteiger partial charge < -0.3 is 15.3 Å². The molecule has 1 aliphatic rings. The highest BCUT2D eigenvalue weighted by molar-refractivity contribution is 5.88. The number of benzene rings is 1. The molecule has 1 aromatic carbocycles. The van der Waals surface area contributed by atoms with Crippen molar-refractivity contribution in [3.63, 3.8) is 0 Å². The zero-order valence-corrected chi connectivity index (χ0v) is 17.3. The van der Waals surface area contributed by atoms with Gasteiger partial charge in [-0.1, -0.05) is 6.07 Å². The number of rotatable bonds is 5. The summed E-state index contributed by atoms with van der Waals surface area (Å²) in [6.07, 6.45) is 5.25. The number of aromatic nitrogens is 2. The number of pyridine rings is 1. The molecule has 4 rings (SSSR count). The van der Waals surface area contributed by atoms with E-state index >= 15 is 0 Å². The Bertz CT molecular complexity index is 1150. The zero-order valence-electron chi connectivity index (χ0n) is 17.3. The van der Waals surface area contributed by atoms with Crippen molar-refractivity contribution in [1.29, 1.82) is 0 Å². The van der Waals surface area contributed by atoms with E-state index in [9.17, 15) is 14.7 Å². The number of fused-ring (bicyclic) bond motifs is 1. The monoisotopic (exact) mass is 406 g/mol. The number of aromatic carboxylic acids is 1. The number of nitrogens with zero attached hydrogens (tertiary/aromatic N) is 3. The molecule has 0 bridgehead atoms. The fourth-order valence-corrected chi connectivity index (χ4v) is 4.03. The summed E-state index contributed by atoms with van der Waals surface area (Å²) in [5, 5.41) is 12.6. The first kappa shape index (κ1) is 19.9. The minimum atomic E-state index is -0.966. The van der Waals surface area contributed by atoms with Crippen molar-refractivity contribution in [2.24, 2.45) is 0 Å². The lowest BCUT2D eigenvalue weighted by Crippen LogP contribution is -2.32. The molecular formula is C23H26N4O3. The smallest absolute Gasteiger partial charge is 0.335 e. The van der Waals surface area contributed by atoms with Crippen LogP contribution in [0.3, 0.4) is 0 Å². The lowest BCUT2D eigenvalue weighted by atomic mass is 10.1. The van der Waals surface area contributed by atoms with E-state index in [4.69, 9.17) is 4.98 Å². The molecule has 7 heteroatoms. The average Bonchev–Trinajstić information content (AvgIpc) is 2.74. The van der Waals surface area contributed by atoms with Crippen LogP contribution in [0.5, 0.6) is 0 Å². The molecule has 2 N–H and O–H groups in total. The fraction of sp³-hybridized carbons (Fsp3) is 0.348. The topological polar surface area (TPSA) is 86.9 Å². The van der Waals surface area contributed by atoms with Crippen LogP contribution in [0, 0.1) is 6.92 Å². The maximum absolute atomic E-state index is 12.9. The number of hydrogen-bond acceptors (Lipinski definition) is 5. The first-order chi connectivity index (χ1) is 14.4. The third-order valence-electron chi connectivity index (χ3n) is 5.55. The molecular weight excluding hydrogens is 380 g/mol. The molecule has 3 aromatic rings. The quantitative estimate of drug-likeness (QED) is 0.669. The van der Waals surface area contributed by atoms with Crippen LogP contribution in [0.25, 0.3) is 5.65 Å². The van der Waals surface area contributed by atoms with Gasteiger partial charge >= 0.3 is 5.97 Å². The Kier molecular flexibility index (Phi) is 5.44. The molecule has 1 fully saturated rings. The van der Waals surface area contributed by atoms with Gasteiger partial charge in [0.25, 0.3) is 5.56 Å². The van der Waals surface area contributed by atoms with Crippen LogP contribution < -0.4 is 15.8 Å². The molecule has 3 heterocycles. The molecule has 0 aliphatic carbocycles. The standard InChI is InChI=1S/C23H26N4O3/c1-15-11-19(16(2)24-18-8-6-7-17(12-18)23(29)30)22-25-20(13-21(28)27(22)14-15)26-9-4-3-5-10-26/h6-8,11-14,16,24H,3-5,9-10H2,1-2H3,(H,29,30). The SMILES string of the molecule is Cc1cc(C(C)Nc2cccc(C(=O)O)c2)c2nc(N3CCCCC3)cc(=O)n2c1. The van der Waals surface area contributed by atoms with Gasteiger partial charge in [0.1, 0.15) is 11.5 Å². The Balaban J connectivity index is 1.75. The summed E-state index contributed by atoms with van der Waals surface area (Å²) in [5.41, 5.74) is 3.32. The highest BCUT2D eigenvalue weighted by atomic mass is 16.4. The van der Waals surface area contributed by atoms with E-state index in [0.29, 0.717) is 11.3 Å².